The van der Waals surface area contributed by atoms with Crippen molar-refractivity contribution in [1.82, 2.24) is 10.3 Å². The second kappa shape index (κ2) is 6.29. The van der Waals surface area contributed by atoms with Gasteiger partial charge >= 0.3 is 5.97 Å². The van der Waals surface area contributed by atoms with Crippen LogP contribution in [0.3, 0.4) is 0 Å². The number of carboxylic acid groups (broad SMARTS) is 1. The van der Waals surface area contributed by atoms with Crippen LogP contribution in [0.4, 0.5) is 0 Å². The lowest BCUT2D eigenvalue weighted by molar-refractivity contribution is -0.131. The number of hydrogen-bond donors (Lipinski definition) is 2. The first-order valence-corrected chi connectivity index (χ1v) is 6.36. The number of hydrogen-bond acceptors (Lipinski definition) is 4. The summed E-state index contributed by atoms with van der Waals surface area (Å²) in [5, 5.41) is 11.4. The quantitative estimate of drug-likeness (QED) is 0.803. The molecule has 2 unspecified atom stereocenters. The molecule has 1 fully saturated rings. The van der Waals surface area contributed by atoms with Crippen molar-refractivity contribution in [3.63, 3.8) is 0 Å². The molecule has 0 spiro atoms. The number of nitrogens with one attached hydrogen (secondary N) is 1. The van der Waals surface area contributed by atoms with Crippen molar-refractivity contribution >= 4 is 18.0 Å². The van der Waals surface area contributed by atoms with Crippen LogP contribution in [0.1, 0.15) is 29.4 Å². The molecule has 1 aliphatic heterocycles. The van der Waals surface area contributed by atoms with Crippen LogP contribution in [0, 0.1) is 0 Å². The molecule has 1 aromatic heterocycles. The van der Waals surface area contributed by atoms with E-state index in [-0.39, 0.29) is 18.1 Å². The van der Waals surface area contributed by atoms with Crippen LogP contribution in [-0.2, 0) is 9.53 Å². The fourth-order valence-corrected chi connectivity index (χ4v) is 1.97. The van der Waals surface area contributed by atoms with E-state index in [0.717, 1.165) is 12.5 Å². The molecule has 0 aliphatic carbocycles. The van der Waals surface area contributed by atoms with Gasteiger partial charge in [0.05, 0.1) is 12.1 Å². The van der Waals surface area contributed by atoms with Crippen molar-refractivity contribution in [1.29, 1.82) is 0 Å². The summed E-state index contributed by atoms with van der Waals surface area (Å²) in [6.07, 6.45) is 4.71. The van der Waals surface area contributed by atoms with E-state index in [4.69, 9.17) is 9.84 Å². The average molecular weight is 276 g/mol. The Labute approximate surface area is 116 Å². The van der Waals surface area contributed by atoms with E-state index in [1.54, 1.807) is 12.1 Å². The summed E-state index contributed by atoms with van der Waals surface area (Å²) in [6, 6.07) is 3.23. The largest absolute Gasteiger partial charge is 0.478 e. The number of carbonyl (C=O) groups excluding carboxylic acids is 1. The van der Waals surface area contributed by atoms with Gasteiger partial charge in [0.25, 0.3) is 5.91 Å². The molecule has 6 nitrogen and oxygen atoms in total. The zero-order valence-electron chi connectivity index (χ0n) is 11.1. The van der Waals surface area contributed by atoms with Gasteiger partial charge in [-0.05, 0) is 31.1 Å². The summed E-state index contributed by atoms with van der Waals surface area (Å²) in [5.74, 6) is -1.27. The number of rotatable bonds is 4. The van der Waals surface area contributed by atoms with Gasteiger partial charge in [-0.25, -0.2) is 4.79 Å². The summed E-state index contributed by atoms with van der Waals surface area (Å²) in [4.78, 5) is 26.4. The van der Waals surface area contributed by atoms with Gasteiger partial charge in [-0.3, -0.25) is 9.78 Å². The minimum absolute atomic E-state index is 0.0101. The Morgan fingerprint density at radius 3 is 2.85 bits per heavy atom. The van der Waals surface area contributed by atoms with Crippen LogP contribution in [0.2, 0.25) is 0 Å². The van der Waals surface area contributed by atoms with E-state index in [0.29, 0.717) is 17.9 Å². The molecule has 0 saturated carbocycles. The molecule has 2 heterocycles. The van der Waals surface area contributed by atoms with Crippen molar-refractivity contribution < 1.29 is 19.4 Å². The maximum absolute atomic E-state index is 12.0. The van der Waals surface area contributed by atoms with E-state index >= 15 is 0 Å². The molecule has 1 aromatic rings. The predicted molar refractivity (Wildman–Crippen MR) is 72.2 cm³/mol. The highest BCUT2D eigenvalue weighted by molar-refractivity contribution is 5.92. The Hall–Kier alpha value is -2.21. The zero-order valence-corrected chi connectivity index (χ0v) is 11.1. The first kappa shape index (κ1) is 14.2. The molecule has 0 radical (unpaired) electrons. The number of ether oxygens (including phenoxy) is 1. The molecule has 2 rings (SSSR count). The average Bonchev–Trinajstić information content (AvgIpc) is 2.82. The van der Waals surface area contributed by atoms with Crippen molar-refractivity contribution in [3.05, 3.63) is 35.7 Å². The highest BCUT2D eigenvalue weighted by atomic mass is 16.5. The minimum atomic E-state index is -1.03. The molecule has 0 bridgehead atoms. The van der Waals surface area contributed by atoms with Crippen molar-refractivity contribution in [3.8, 4) is 0 Å². The van der Waals surface area contributed by atoms with Crippen LogP contribution in [-0.4, -0.2) is 40.7 Å². The lowest BCUT2D eigenvalue weighted by atomic mass is 10.1. The number of amides is 1. The summed E-state index contributed by atoms with van der Waals surface area (Å²) < 4.78 is 5.38. The summed E-state index contributed by atoms with van der Waals surface area (Å²) in [6.45, 7) is 2.57. The van der Waals surface area contributed by atoms with E-state index in [1.165, 1.54) is 12.3 Å². The second-order valence-electron chi connectivity index (χ2n) is 4.59. The fourth-order valence-electron chi connectivity index (χ4n) is 1.97. The molecular weight excluding hydrogens is 260 g/mol. The van der Waals surface area contributed by atoms with Crippen LogP contribution in [0.25, 0.3) is 6.08 Å². The Bertz CT molecular complexity index is 524. The first-order chi connectivity index (χ1) is 9.56. The van der Waals surface area contributed by atoms with Crippen LogP contribution in [0.5, 0.6) is 0 Å². The van der Waals surface area contributed by atoms with Crippen molar-refractivity contribution in [2.45, 2.75) is 25.5 Å². The van der Waals surface area contributed by atoms with Gasteiger partial charge in [-0.15, -0.1) is 0 Å². The van der Waals surface area contributed by atoms with Gasteiger partial charge in [0, 0.05) is 18.9 Å². The molecule has 1 aliphatic rings. The molecule has 2 atom stereocenters. The predicted octanol–water partition coefficient (Wildman–Crippen LogP) is 1.09. The zero-order chi connectivity index (χ0) is 14.5. The molecule has 2 N–H and O–H groups in total. The molecule has 6 heteroatoms. The second-order valence-corrected chi connectivity index (χ2v) is 4.59. The standard InChI is InChI=1S/C14H16N2O4/c1-9-11(6-7-20-9)16-14(19)12-4-2-10(8-15-12)3-5-13(17)18/h2-5,8-9,11H,6-7H2,1H3,(H,16,19)(H,17,18)/b5-3+. The number of carboxylic acids is 1. The molecule has 1 saturated heterocycles. The van der Waals surface area contributed by atoms with E-state index in [9.17, 15) is 9.59 Å². The normalized spacial score (nSPS) is 22.1. The van der Waals surface area contributed by atoms with E-state index in [2.05, 4.69) is 10.3 Å². The van der Waals surface area contributed by atoms with Gasteiger partial charge in [-0.2, -0.15) is 0 Å². The highest BCUT2D eigenvalue weighted by Gasteiger charge is 2.26. The first-order valence-electron chi connectivity index (χ1n) is 6.36. The smallest absolute Gasteiger partial charge is 0.328 e. The SMILES string of the molecule is CC1OCCC1NC(=O)c1ccc(/C=C/C(=O)O)cn1. The third-order valence-electron chi connectivity index (χ3n) is 3.13. The van der Waals surface area contributed by atoms with Gasteiger partial charge in [0.2, 0.25) is 0 Å². The van der Waals surface area contributed by atoms with Crippen LogP contribution >= 0.6 is 0 Å². The number of aromatic nitrogens is 1. The minimum Gasteiger partial charge on any atom is -0.478 e. The van der Waals surface area contributed by atoms with Crippen LogP contribution < -0.4 is 5.32 Å². The van der Waals surface area contributed by atoms with E-state index < -0.39 is 5.97 Å². The summed E-state index contributed by atoms with van der Waals surface area (Å²) >= 11 is 0. The molecular formula is C14H16N2O4. The number of carbonyl (C=O) groups is 2. The van der Waals surface area contributed by atoms with Crippen molar-refractivity contribution in [2.24, 2.45) is 0 Å². The Balaban J connectivity index is 1.98. The number of aliphatic carboxylic acids is 1. The lowest BCUT2D eigenvalue weighted by Crippen LogP contribution is -2.39. The molecule has 106 valence electrons. The topological polar surface area (TPSA) is 88.5 Å². The molecule has 0 aromatic carbocycles. The summed E-state index contributed by atoms with van der Waals surface area (Å²) in [7, 11) is 0. The highest BCUT2D eigenvalue weighted by Crippen LogP contribution is 2.13. The lowest BCUT2D eigenvalue weighted by Gasteiger charge is -2.15. The van der Waals surface area contributed by atoms with Gasteiger partial charge in [-0.1, -0.05) is 6.07 Å². The molecule has 1 amide bonds. The van der Waals surface area contributed by atoms with Gasteiger partial charge < -0.3 is 15.2 Å². The van der Waals surface area contributed by atoms with Gasteiger partial charge in [0.1, 0.15) is 5.69 Å². The monoisotopic (exact) mass is 276 g/mol. The number of nitrogens with zero attached hydrogens (tertiary/aromatic N) is 1. The van der Waals surface area contributed by atoms with Crippen LogP contribution in [0.15, 0.2) is 24.4 Å². The maximum Gasteiger partial charge on any atom is 0.328 e. The Morgan fingerprint density at radius 2 is 2.30 bits per heavy atom. The summed E-state index contributed by atoms with van der Waals surface area (Å²) in [5.41, 5.74) is 0.929. The third kappa shape index (κ3) is 3.64. The Morgan fingerprint density at radius 1 is 1.50 bits per heavy atom. The fraction of sp³-hybridized carbons (Fsp3) is 0.357. The van der Waals surface area contributed by atoms with E-state index in [1.807, 2.05) is 6.92 Å². The third-order valence-corrected chi connectivity index (χ3v) is 3.13. The molecule has 20 heavy (non-hydrogen) atoms. The van der Waals surface area contributed by atoms with Gasteiger partial charge in [0.15, 0.2) is 0 Å². The van der Waals surface area contributed by atoms with Crippen molar-refractivity contribution in [2.75, 3.05) is 6.61 Å². The number of pyridine rings is 1. The Kier molecular flexibility index (Phi) is 4.47. The maximum atomic E-state index is 12.0.